The third kappa shape index (κ3) is 1.72. The third-order valence-electron chi connectivity index (χ3n) is 3.04. The Morgan fingerprint density at radius 1 is 0.684 bits per heavy atom. The Bertz CT molecular complexity index is 737. The molecular formula is C14H11NO4. The van der Waals surface area contributed by atoms with E-state index >= 15 is 0 Å². The van der Waals surface area contributed by atoms with Gasteiger partial charge >= 0.3 is 0 Å². The summed E-state index contributed by atoms with van der Waals surface area (Å²) in [5.41, 5.74) is 1.66. The van der Waals surface area contributed by atoms with E-state index in [9.17, 15) is 20.4 Å². The molecule has 3 rings (SSSR count). The number of nitrogens with one attached hydrogen (secondary N) is 1. The number of H-pyrrole nitrogens is 1. The van der Waals surface area contributed by atoms with Crippen LogP contribution < -0.4 is 0 Å². The highest BCUT2D eigenvalue weighted by molar-refractivity contribution is 5.94. The number of rotatable bonds is 1. The highest BCUT2D eigenvalue weighted by Gasteiger charge is 2.11. The van der Waals surface area contributed by atoms with Crippen LogP contribution in [0.15, 0.2) is 36.4 Å². The minimum atomic E-state index is -0.232. The molecule has 1 heterocycles. The summed E-state index contributed by atoms with van der Waals surface area (Å²) in [6.45, 7) is 0. The van der Waals surface area contributed by atoms with Gasteiger partial charge in [0, 0.05) is 16.6 Å². The SMILES string of the molecule is Oc1ccc(-c2cc3c(O)ccc(O)c3[nH]2)cc1O. The van der Waals surface area contributed by atoms with Gasteiger partial charge in [0.05, 0.1) is 5.52 Å². The first kappa shape index (κ1) is 11.3. The lowest BCUT2D eigenvalue weighted by molar-refractivity contribution is 0.404. The van der Waals surface area contributed by atoms with Gasteiger partial charge in [-0.15, -0.1) is 0 Å². The normalized spacial score (nSPS) is 10.9. The van der Waals surface area contributed by atoms with Gasteiger partial charge < -0.3 is 25.4 Å². The fourth-order valence-electron chi connectivity index (χ4n) is 2.04. The van der Waals surface area contributed by atoms with Crippen LogP contribution >= 0.6 is 0 Å². The molecule has 5 nitrogen and oxygen atoms in total. The van der Waals surface area contributed by atoms with Crippen molar-refractivity contribution in [3.63, 3.8) is 0 Å². The first-order valence-corrected chi connectivity index (χ1v) is 5.62. The first-order chi connectivity index (χ1) is 9.06. The molecule has 0 radical (unpaired) electrons. The minimum absolute atomic E-state index is 0.0297. The molecule has 3 aromatic rings. The second-order valence-corrected chi connectivity index (χ2v) is 4.28. The topological polar surface area (TPSA) is 96.7 Å². The number of hydrogen-bond acceptors (Lipinski definition) is 4. The van der Waals surface area contributed by atoms with Crippen LogP contribution in [0.5, 0.6) is 23.0 Å². The fourth-order valence-corrected chi connectivity index (χ4v) is 2.04. The Morgan fingerprint density at radius 3 is 2.05 bits per heavy atom. The van der Waals surface area contributed by atoms with Crippen molar-refractivity contribution in [1.29, 1.82) is 0 Å². The zero-order valence-electron chi connectivity index (χ0n) is 9.75. The van der Waals surface area contributed by atoms with Gasteiger partial charge in [0.1, 0.15) is 11.5 Å². The van der Waals surface area contributed by atoms with Gasteiger partial charge in [0.15, 0.2) is 11.5 Å². The average Bonchev–Trinajstić information content (AvgIpc) is 2.83. The Morgan fingerprint density at radius 2 is 1.37 bits per heavy atom. The van der Waals surface area contributed by atoms with E-state index in [1.807, 2.05) is 0 Å². The number of benzene rings is 2. The molecule has 0 spiro atoms. The fraction of sp³-hybridized carbons (Fsp3) is 0. The van der Waals surface area contributed by atoms with Crippen LogP contribution in [0.25, 0.3) is 22.2 Å². The van der Waals surface area contributed by atoms with Crippen LogP contribution in [0.1, 0.15) is 0 Å². The molecule has 0 saturated carbocycles. The molecule has 0 fully saturated rings. The summed E-state index contributed by atoms with van der Waals surface area (Å²) >= 11 is 0. The number of phenolic OH excluding ortho intramolecular Hbond substituents is 4. The Kier molecular flexibility index (Phi) is 2.28. The molecule has 19 heavy (non-hydrogen) atoms. The summed E-state index contributed by atoms with van der Waals surface area (Å²) in [6, 6.07) is 8.85. The number of phenols is 4. The number of hydrogen-bond donors (Lipinski definition) is 5. The zero-order valence-corrected chi connectivity index (χ0v) is 9.75. The number of fused-ring (bicyclic) bond motifs is 1. The van der Waals surface area contributed by atoms with E-state index in [-0.39, 0.29) is 23.0 Å². The third-order valence-corrected chi connectivity index (χ3v) is 3.04. The Balaban J connectivity index is 2.23. The summed E-state index contributed by atoms with van der Waals surface area (Å²) < 4.78 is 0. The van der Waals surface area contributed by atoms with E-state index in [4.69, 9.17) is 0 Å². The van der Waals surface area contributed by atoms with Crippen LogP contribution in [-0.4, -0.2) is 25.4 Å². The zero-order chi connectivity index (χ0) is 13.6. The molecule has 5 heteroatoms. The van der Waals surface area contributed by atoms with Crippen LogP contribution in [0, 0.1) is 0 Å². The molecule has 0 saturated heterocycles. The first-order valence-electron chi connectivity index (χ1n) is 5.62. The molecule has 0 aliphatic carbocycles. The minimum Gasteiger partial charge on any atom is -0.507 e. The lowest BCUT2D eigenvalue weighted by Crippen LogP contribution is -1.77. The molecule has 1 aromatic heterocycles. The molecule has 0 bridgehead atoms. The molecule has 0 aliphatic heterocycles. The molecule has 2 aromatic carbocycles. The van der Waals surface area contributed by atoms with Crippen LogP contribution in [0.4, 0.5) is 0 Å². The number of aromatic amines is 1. The molecule has 96 valence electrons. The highest BCUT2D eigenvalue weighted by Crippen LogP contribution is 2.36. The van der Waals surface area contributed by atoms with Crippen LogP contribution in [-0.2, 0) is 0 Å². The van der Waals surface area contributed by atoms with Gasteiger partial charge in [0.25, 0.3) is 0 Å². The van der Waals surface area contributed by atoms with Crippen molar-refractivity contribution in [2.75, 3.05) is 0 Å². The summed E-state index contributed by atoms with van der Waals surface area (Å²) in [6.07, 6.45) is 0. The van der Waals surface area contributed by atoms with E-state index in [1.165, 1.54) is 24.3 Å². The van der Waals surface area contributed by atoms with Crippen molar-refractivity contribution in [3.8, 4) is 34.3 Å². The van der Waals surface area contributed by atoms with E-state index in [2.05, 4.69) is 4.98 Å². The second-order valence-electron chi connectivity index (χ2n) is 4.28. The number of aromatic hydroxyl groups is 4. The lowest BCUT2D eigenvalue weighted by atomic mass is 10.1. The molecule has 5 N–H and O–H groups in total. The standard InChI is InChI=1S/C14H11NO4/c16-10-3-4-12(18)14-8(10)6-9(15-14)7-1-2-11(17)13(19)5-7/h1-6,15-19H. The van der Waals surface area contributed by atoms with Crippen molar-refractivity contribution < 1.29 is 20.4 Å². The largest absolute Gasteiger partial charge is 0.507 e. The van der Waals surface area contributed by atoms with Crippen LogP contribution in [0.3, 0.4) is 0 Å². The predicted molar refractivity (Wildman–Crippen MR) is 70.4 cm³/mol. The van der Waals surface area contributed by atoms with Crippen molar-refractivity contribution in [2.24, 2.45) is 0 Å². The van der Waals surface area contributed by atoms with Gasteiger partial charge in [-0.1, -0.05) is 0 Å². The van der Waals surface area contributed by atoms with Crippen molar-refractivity contribution >= 4 is 10.9 Å². The van der Waals surface area contributed by atoms with Crippen molar-refractivity contribution in [1.82, 2.24) is 4.98 Å². The van der Waals surface area contributed by atoms with Gasteiger partial charge in [-0.25, -0.2) is 0 Å². The van der Waals surface area contributed by atoms with E-state index < -0.39 is 0 Å². The molecule has 0 atom stereocenters. The van der Waals surface area contributed by atoms with Gasteiger partial charge in [-0.3, -0.25) is 0 Å². The van der Waals surface area contributed by atoms with Gasteiger partial charge in [0.2, 0.25) is 0 Å². The molecular weight excluding hydrogens is 246 g/mol. The van der Waals surface area contributed by atoms with Crippen LogP contribution in [0.2, 0.25) is 0 Å². The maximum Gasteiger partial charge on any atom is 0.158 e. The van der Waals surface area contributed by atoms with Gasteiger partial charge in [-0.05, 0) is 36.4 Å². The maximum absolute atomic E-state index is 9.73. The van der Waals surface area contributed by atoms with Gasteiger partial charge in [-0.2, -0.15) is 0 Å². The predicted octanol–water partition coefficient (Wildman–Crippen LogP) is 2.66. The summed E-state index contributed by atoms with van der Waals surface area (Å²) in [5, 5.41) is 38.7. The van der Waals surface area contributed by atoms with Crippen molar-refractivity contribution in [2.45, 2.75) is 0 Å². The lowest BCUT2D eigenvalue weighted by Gasteiger charge is -2.01. The molecule has 0 aliphatic rings. The molecule has 0 amide bonds. The summed E-state index contributed by atoms with van der Waals surface area (Å²) in [7, 11) is 0. The van der Waals surface area contributed by atoms with Crippen molar-refractivity contribution in [3.05, 3.63) is 36.4 Å². The van der Waals surface area contributed by atoms with E-state index in [1.54, 1.807) is 12.1 Å². The quantitative estimate of drug-likeness (QED) is 0.342. The monoisotopic (exact) mass is 257 g/mol. The Labute approximate surface area is 108 Å². The smallest absolute Gasteiger partial charge is 0.158 e. The summed E-state index contributed by atoms with van der Waals surface area (Å²) in [5.74, 6) is -0.351. The highest BCUT2D eigenvalue weighted by atomic mass is 16.3. The van der Waals surface area contributed by atoms with E-state index in [0.717, 1.165) is 0 Å². The maximum atomic E-state index is 9.73. The number of aromatic nitrogens is 1. The second kappa shape index (κ2) is 3.84. The Hall–Kier alpha value is -2.82. The summed E-state index contributed by atoms with van der Waals surface area (Å²) in [4.78, 5) is 2.96. The van der Waals surface area contributed by atoms with E-state index in [0.29, 0.717) is 22.2 Å². The molecule has 0 unspecified atom stereocenters. The average molecular weight is 257 g/mol.